The van der Waals surface area contributed by atoms with Crippen LogP contribution < -0.4 is 30.9 Å². The lowest BCUT2D eigenvalue weighted by Crippen LogP contribution is -2.54. The molecule has 11 rings (SSSR count). The first-order chi connectivity index (χ1) is 34.9. The molecule has 2 bridgehead atoms. The van der Waals surface area contributed by atoms with Gasteiger partial charge in [0.15, 0.2) is 5.82 Å². The number of imide groups is 2. The van der Waals surface area contributed by atoms with Crippen molar-refractivity contribution in [2.24, 2.45) is 0 Å². The number of anilines is 2. The highest BCUT2D eigenvalue weighted by Crippen LogP contribution is 2.45. The second-order valence-corrected chi connectivity index (χ2v) is 19.7. The SMILES string of the molecule is C#Cc1c(F)ccc2cccc(-c3ncc4c(N5CC6CCC(C5)N6)nc(OC[C@@]56CC[C@@H](COC(=O)NCCCCNc7ccc8c(c7)C(=O)N(C7CCC(=O)NC7=O)C8=O)N5CC(=C)C6)nc4c3F)c12. The summed E-state index contributed by atoms with van der Waals surface area (Å²) >= 11 is 0. The number of alkyl carbamates (subject to hydrolysis) is 1. The molecule has 0 radical (unpaired) electrons. The minimum atomic E-state index is -1.03. The van der Waals surface area contributed by atoms with E-state index in [0.29, 0.717) is 85.2 Å². The van der Waals surface area contributed by atoms with Crippen molar-refractivity contribution in [2.45, 2.75) is 87.5 Å². The predicted molar refractivity (Wildman–Crippen MR) is 262 cm³/mol. The highest BCUT2D eigenvalue weighted by Gasteiger charge is 2.52. The summed E-state index contributed by atoms with van der Waals surface area (Å²) in [6, 6.07) is 12.4. The zero-order valence-electron chi connectivity index (χ0n) is 39.4. The van der Waals surface area contributed by atoms with E-state index in [4.69, 9.17) is 25.9 Å². The molecule has 0 aliphatic carbocycles. The maximum Gasteiger partial charge on any atom is 0.407 e. The van der Waals surface area contributed by atoms with Crippen molar-refractivity contribution in [1.82, 2.24) is 40.7 Å². The number of piperidine rings is 1. The monoisotopic (exact) mass is 978 g/mol. The molecule has 5 saturated heterocycles. The van der Waals surface area contributed by atoms with Gasteiger partial charge in [0.05, 0.1) is 27.6 Å². The molecule has 2 aromatic heterocycles. The molecule has 370 valence electrons. The molecular weight excluding hydrogens is 927 g/mol. The number of rotatable bonds is 14. The fourth-order valence-corrected chi connectivity index (χ4v) is 11.6. The summed E-state index contributed by atoms with van der Waals surface area (Å²) in [5.41, 5.74) is 1.96. The topological polar surface area (TPSA) is 200 Å². The third-order valence-electron chi connectivity index (χ3n) is 15.0. The summed E-state index contributed by atoms with van der Waals surface area (Å²) in [6.45, 7) is 7.50. The third-order valence-corrected chi connectivity index (χ3v) is 15.0. The minimum absolute atomic E-state index is 0.0162. The lowest BCUT2D eigenvalue weighted by Gasteiger charge is -2.35. The number of halogens is 2. The molecule has 5 fully saturated rings. The van der Waals surface area contributed by atoms with E-state index < -0.39 is 52.9 Å². The van der Waals surface area contributed by atoms with Crippen molar-refractivity contribution < 1.29 is 42.2 Å². The summed E-state index contributed by atoms with van der Waals surface area (Å²) in [7, 11) is 0. The Balaban J connectivity index is 0.716. The van der Waals surface area contributed by atoms with Gasteiger partial charge < -0.3 is 30.3 Å². The second kappa shape index (κ2) is 18.9. The molecule has 6 aliphatic heterocycles. The van der Waals surface area contributed by atoms with Gasteiger partial charge >= 0.3 is 12.1 Å². The highest BCUT2D eigenvalue weighted by atomic mass is 19.1. The second-order valence-electron chi connectivity index (χ2n) is 19.7. The minimum Gasteiger partial charge on any atom is -0.461 e. The first-order valence-corrected chi connectivity index (χ1v) is 24.5. The first kappa shape index (κ1) is 46.8. The van der Waals surface area contributed by atoms with Crippen LogP contribution in [0.3, 0.4) is 0 Å². The van der Waals surface area contributed by atoms with E-state index >= 15 is 8.78 Å². The van der Waals surface area contributed by atoms with Crippen LogP contribution >= 0.6 is 0 Å². The largest absolute Gasteiger partial charge is 0.461 e. The molecule has 3 unspecified atom stereocenters. The van der Waals surface area contributed by atoms with Gasteiger partial charge in [0.2, 0.25) is 11.8 Å². The van der Waals surface area contributed by atoms with E-state index in [0.717, 1.165) is 36.2 Å². The molecule has 0 saturated carbocycles. The number of hydrogen-bond donors (Lipinski definition) is 4. The fourth-order valence-electron chi connectivity index (χ4n) is 11.6. The maximum absolute atomic E-state index is 17.2. The van der Waals surface area contributed by atoms with E-state index in [1.165, 1.54) is 6.07 Å². The molecule has 5 atom stereocenters. The Morgan fingerprint density at radius 1 is 0.958 bits per heavy atom. The molecule has 5 aromatic rings. The number of ether oxygens (including phenoxy) is 2. The summed E-state index contributed by atoms with van der Waals surface area (Å²) in [4.78, 5) is 82.8. The Hall–Kier alpha value is -7.56. The van der Waals surface area contributed by atoms with E-state index in [2.05, 4.69) is 48.6 Å². The number of nitrogens with zero attached hydrogens (tertiary/aromatic N) is 6. The Kier molecular flexibility index (Phi) is 12.3. The molecule has 19 heteroatoms. The van der Waals surface area contributed by atoms with Crippen LogP contribution in [0.2, 0.25) is 0 Å². The number of unbranched alkanes of at least 4 members (excludes halogenated alkanes) is 1. The van der Waals surface area contributed by atoms with Gasteiger partial charge in [-0.2, -0.15) is 9.97 Å². The Labute approximate surface area is 413 Å². The normalized spacial score (nSPS) is 23.7. The number of carbonyl (C=O) groups is 5. The van der Waals surface area contributed by atoms with Crippen LogP contribution in [0.1, 0.15) is 84.1 Å². The molecule has 8 heterocycles. The molecule has 3 aromatic carbocycles. The molecule has 72 heavy (non-hydrogen) atoms. The first-order valence-electron chi connectivity index (χ1n) is 24.5. The van der Waals surface area contributed by atoms with Crippen molar-refractivity contribution >= 4 is 62.9 Å². The van der Waals surface area contributed by atoms with E-state index in [1.54, 1.807) is 48.7 Å². The van der Waals surface area contributed by atoms with Gasteiger partial charge in [-0.3, -0.25) is 39.3 Å². The summed E-state index contributed by atoms with van der Waals surface area (Å²) < 4.78 is 44.5. The molecule has 17 nitrogen and oxygen atoms in total. The number of nitrogens with one attached hydrogen (secondary N) is 4. The van der Waals surface area contributed by atoms with Crippen LogP contribution in [0.25, 0.3) is 32.9 Å². The fraction of sp³-hybridized carbons (Fsp3) is 0.396. The van der Waals surface area contributed by atoms with E-state index in [1.807, 2.05) is 0 Å². The molecule has 5 amide bonds. The number of hydrogen-bond acceptors (Lipinski definition) is 14. The molecule has 0 spiro atoms. The number of terminal acetylenes is 1. The van der Waals surface area contributed by atoms with Crippen LogP contribution in [-0.2, 0) is 14.3 Å². The number of piperazine rings is 1. The average molecular weight is 979 g/mol. The Morgan fingerprint density at radius 3 is 2.57 bits per heavy atom. The predicted octanol–water partition coefficient (Wildman–Crippen LogP) is 5.61. The Morgan fingerprint density at radius 2 is 1.76 bits per heavy atom. The number of aromatic nitrogens is 3. The summed E-state index contributed by atoms with van der Waals surface area (Å²) in [5, 5.41) is 13.4. The van der Waals surface area contributed by atoms with Crippen LogP contribution in [0.15, 0.2) is 66.9 Å². The van der Waals surface area contributed by atoms with Crippen molar-refractivity contribution in [3.05, 3.63) is 95.2 Å². The van der Waals surface area contributed by atoms with Crippen LogP contribution in [0, 0.1) is 24.0 Å². The quantitative estimate of drug-likeness (QED) is 0.0464. The number of carbonyl (C=O) groups excluding carboxylic acids is 5. The van der Waals surface area contributed by atoms with Gasteiger partial charge in [0, 0.05) is 80.1 Å². The van der Waals surface area contributed by atoms with Crippen LogP contribution in [-0.4, -0.2) is 130 Å². The van der Waals surface area contributed by atoms with Gasteiger partial charge in [-0.05, 0) is 81.0 Å². The van der Waals surface area contributed by atoms with Crippen molar-refractivity contribution in [3.8, 4) is 29.6 Å². The zero-order valence-corrected chi connectivity index (χ0v) is 39.4. The zero-order chi connectivity index (χ0) is 49.8. The van der Waals surface area contributed by atoms with Crippen LogP contribution in [0.4, 0.5) is 25.1 Å². The van der Waals surface area contributed by atoms with Crippen molar-refractivity contribution in [2.75, 3.05) is 56.2 Å². The Bertz CT molecular complexity index is 3150. The molecule has 4 N–H and O–H groups in total. The summed E-state index contributed by atoms with van der Waals surface area (Å²) in [6.07, 6.45) is 12.5. The van der Waals surface area contributed by atoms with Gasteiger partial charge in [-0.15, -0.1) is 6.42 Å². The van der Waals surface area contributed by atoms with E-state index in [-0.39, 0.29) is 78.1 Å². The van der Waals surface area contributed by atoms with E-state index in [9.17, 15) is 24.0 Å². The molecular formula is C53H52F2N10O7. The lowest BCUT2D eigenvalue weighted by molar-refractivity contribution is -0.136. The number of fused-ring (bicyclic) bond motifs is 6. The molecule has 6 aliphatic rings. The van der Waals surface area contributed by atoms with Crippen molar-refractivity contribution in [1.29, 1.82) is 0 Å². The van der Waals surface area contributed by atoms with Gasteiger partial charge in [-0.25, -0.2) is 13.6 Å². The number of pyridine rings is 1. The number of amides is 5. The average Bonchev–Trinajstić information content (AvgIpc) is 4.07. The van der Waals surface area contributed by atoms with Gasteiger partial charge in [0.25, 0.3) is 11.8 Å². The lowest BCUT2D eigenvalue weighted by atomic mass is 9.94. The summed E-state index contributed by atoms with van der Waals surface area (Å²) in [5.74, 6) is -0.537. The van der Waals surface area contributed by atoms with Gasteiger partial charge in [0.1, 0.15) is 42.1 Å². The standard InChI is InChI=1S/C53H52F2N10O7/c1-3-35-40(54)14-9-30-7-6-8-37(43(30)35)45-44(55)46-39(23-58-45)47(63-25-32-10-11-33(26-63)59-32)62-51(61-46)72-28-53-18-17-34(64(53)24-29(2)22-53)27-71-52(70)57-20-5-4-19-56-31-12-13-36-38(21-31)50(69)65(49(36)68)41-15-16-42(66)60-48(41)67/h1,6-9,12-14,21,23,32-34,41,56,59H,2,4-5,10-11,15-20,22,24-28H2,(H,57,70)(H,60,66,67)/t32?,33?,34-,41?,53-/m0/s1. The maximum atomic E-state index is 17.2. The van der Waals surface area contributed by atoms with Crippen molar-refractivity contribution in [3.63, 3.8) is 0 Å². The third kappa shape index (κ3) is 8.51. The van der Waals surface area contributed by atoms with Gasteiger partial charge in [-0.1, -0.05) is 42.3 Å². The number of benzene rings is 3. The van der Waals surface area contributed by atoms with Crippen LogP contribution in [0.5, 0.6) is 6.01 Å². The smallest absolute Gasteiger partial charge is 0.407 e. The highest BCUT2D eigenvalue weighted by molar-refractivity contribution is 6.23.